The van der Waals surface area contributed by atoms with E-state index in [4.69, 9.17) is 0 Å². The number of H-pyrrole nitrogens is 1. The third-order valence-electron chi connectivity index (χ3n) is 6.35. The molecule has 13 heteroatoms. The fraction of sp³-hybridized carbons (Fsp3) is 0.273. The van der Waals surface area contributed by atoms with Gasteiger partial charge in [0.05, 0.1) is 28.5 Å². The second-order valence-corrected chi connectivity index (χ2v) is 9.89. The highest BCUT2D eigenvalue weighted by Gasteiger charge is 2.56. The lowest BCUT2D eigenvalue weighted by Gasteiger charge is -2.17. The van der Waals surface area contributed by atoms with Gasteiger partial charge in [-0.1, -0.05) is 12.1 Å². The van der Waals surface area contributed by atoms with Gasteiger partial charge < -0.3 is 5.32 Å². The van der Waals surface area contributed by atoms with Gasteiger partial charge in [0.2, 0.25) is 0 Å². The molecule has 0 bridgehead atoms. The monoisotopic (exact) mass is 495 g/mol. The third kappa shape index (κ3) is 3.41. The number of halogens is 2. The maximum absolute atomic E-state index is 13.7. The molecule has 0 aromatic carbocycles. The number of nitrogens with zero attached hydrogens (tertiary/aromatic N) is 7. The Bertz CT molecular complexity index is 1550. The SMILES string of the molecule is Cc1ccc(-c2cnc3c(-n4nncc4C(F)F)cc(C(=O)NC4(c5ncn[nH]5)CC4C)cn23)s1. The van der Waals surface area contributed by atoms with E-state index in [0.717, 1.165) is 26.3 Å². The molecule has 0 saturated heterocycles. The summed E-state index contributed by atoms with van der Waals surface area (Å²) in [6.45, 7) is 4.00. The molecule has 2 N–H and O–H groups in total. The van der Waals surface area contributed by atoms with Gasteiger partial charge in [-0.25, -0.2) is 23.4 Å². The van der Waals surface area contributed by atoms with Crippen molar-refractivity contribution in [2.75, 3.05) is 0 Å². The quantitative estimate of drug-likeness (QED) is 0.371. The number of amides is 1. The number of carbonyl (C=O) groups is 1. The first kappa shape index (κ1) is 21.5. The van der Waals surface area contributed by atoms with Gasteiger partial charge in [0, 0.05) is 11.1 Å². The second-order valence-electron chi connectivity index (χ2n) is 8.60. The van der Waals surface area contributed by atoms with Gasteiger partial charge in [0.25, 0.3) is 12.3 Å². The predicted molar refractivity (Wildman–Crippen MR) is 122 cm³/mol. The molecule has 0 spiro atoms. The molecule has 10 nitrogen and oxygen atoms in total. The summed E-state index contributed by atoms with van der Waals surface area (Å²) in [4.78, 5) is 24.3. The first-order valence-electron chi connectivity index (χ1n) is 10.8. The Labute approximate surface area is 201 Å². The lowest BCUT2D eigenvalue weighted by molar-refractivity contribution is 0.0924. The van der Waals surface area contributed by atoms with E-state index < -0.39 is 17.7 Å². The number of fused-ring (bicyclic) bond motifs is 1. The summed E-state index contributed by atoms with van der Waals surface area (Å²) >= 11 is 1.57. The van der Waals surface area contributed by atoms with Gasteiger partial charge >= 0.3 is 0 Å². The largest absolute Gasteiger partial charge is 0.339 e. The molecule has 0 radical (unpaired) electrons. The highest BCUT2D eigenvalue weighted by Crippen LogP contribution is 2.50. The van der Waals surface area contributed by atoms with Crippen molar-refractivity contribution in [3.8, 4) is 16.3 Å². The average molecular weight is 496 g/mol. The molecular weight excluding hydrogens is 476 g/mol. The van der Waals surface area contributed by atoms with Crippen molar-refractivity contribution in [1.29, 1.82) is 0 Å². The van der Waals surface area contributed by atoms with Crippen molar-refractivity contribution in [3.05, 3.63) is 65.1 Å². The van der Waals surface area contributed by atoms with E-state index in [1.54, 1.807) is 28.1 Å². The van der Waals surface area contributed by atoms with Gasteiger partial charge in [-0.2, -0.15) is 5.10 Å². The topological polar surface area (TPSA) is 119 Å². The van der Waals surface area contributed by atoms with Gasteiger partial charge in [0.15, 0.2) is 5.65 Å². The zero-order chi connectivity index (χ0) is 24.3. The van der Waals surface area contributed by atoms with E-state index in [-0.39, 0.29) is 23.1 Å². The van der Waals surface area contributed by atoms with Crippen LogP contribution in [0, 0.1) is 12.8 Å². The molecule has 1 saturated carbocycles. The normalized spacial score (nSPS) is 19.5. The minimum absolute atomic E-state index is 0.154. The van der Waals surface area contributed by atoms with E-state index in [2.05, 4.69) is 35.8 Å². The summed E-state index contributed by atoms with van der Waals surface area (Å²) < 4.78 is 30.1. The summed E-state index contributed by atoms with van der Waals surface area (Å²) in [5, 5.41) is 17.3. The third-order valence-corrected chi connectivity index (χ3v) is 7.38. The van der Waals surface area contributed by atoms with E-state index in [1.807, 2.05) is 26.0 Å². The predicted octanol–water partition coefficient (Wildman–Crippen LogP) is 3.67. The van der Waals surface area contributed by atoms with Crippen LogP contribution in [0.5, 0.6) is 0 Å². The highest BCUT2D eigenvalue weighted by molar-refractivity contribution is 7.15. The van der Waals surface area contributed by atoms with Gasteiger partial charge in [-0.15, -0.1) is 16.4 Å². The molecule has 1 aliphatic rings. The zero-order valence-corrected chi connectivity index (χ0v) is 19.4. The Balaban J connectivity index is 1.50. The number of hydrogen-bond acceptors (Lipinski definition) is 7. The summed E-state index contributed by atoms with van der Waals surface area (Å²) in [6.07, 6.45) is 3.61. The molecule has 5 heterocycles. The molecule has 2 atom stereocenters. The number of aromatic nitrogens is 8. The van der Waals surface area contributed by atoms with Crippen LogP contribution in [0.2, 0.25) is 0 Å². The van der Waals surface area contributed by atoms with E-state index in [1.165, 1.54) is 12.4 Å². The number of imidazole rings is 1. The molecule has 5 aromatic rings. The minimum atomic E-state index is -2.81. The van der Waals surface area contributed by atoms with Crippen molar-refractivity contribution in [1.82, 2.24) is 44.9 Å². The first-order chi connectivity index (χ1) is 16.9. The summed E-state index contributed by atoms with van der Waals surface area (Å²) in [5.41, 5.74) is 0.538. The van der Waals surface area contributed by atoms with E-state index >= 15 is 0 Å². The van der Waals surface area contributed by atoms with Crippen LogP contribution >= 0.6 is 11.3 Å². The van der Waals surface area contributed by atoms with E-state index in [9.17, 15) is 13.6 Å². The highest BCUT2D eigenvalue weighted by atomic mass is 32.1. The fourth-order valence-electron chi connectivity index (χ4n) is 4.37. The van der Waals surface area contributed by atoms with Gasteiger partial charge in [0.1, 0.15) is 29.1 Å². The van der Waals surface area contributed by atoms with Crippen LogP contribution in [-0.2, 0) is 5.54 Å². The lowest BCUT2D eigenvalue weighted by Crippen LogP contribution is -2.37. The maximum atomic E-state index is 13.7. The van der Waals surface area contributed by atoms with Crippen LogP contribution in [0.4, 0.5) is 8.78 Å². The van der Waals surface area contributed by atoms with Crippen molar-refractivity contribution in [3.63, 3.8) is 0 Å². The number of pyridine rings is 1. The van der Waals surface area contributed by atoms with Crippen LogP contribution < -0.4 is 5.32 Å². The molecular formula is C22H19F2N9OS. The standard InChI is InChI=1S/C22H19F2N9OS/c1-11-6-22(11,21-26-10-28-30-21)29-20(34)13-5-14(33-16(18(23)24)8-27-31-33)19-25-7-15(32(19)9-13)17-4-3-12(2)35-17/h3-5,7-11,18H,6H2,1-2H3,(H,29,34)(H,26,28,30). The maximum Gasteiger partial charge on any atom is 0.282 e. The van der Waals surface area contributed by atoms with E-state index in [0.29, 0.717) is 17.9 Å². The van der Waals surface area contributed by atoms with Gasteiger partial charge in [-0.05, 0) is 37.5 Å². The second kappa shape index (κ2) is 7.77. The van der Waals surface area contributed by atoms with Crippen molar-refractivity contribution in [2.24, 2.45) is 5.92 Å². The van der Waals surface area contributed by atoms with Crippen LogP contribution in [0.1, 0.15) is 46.5 Å². The van der Waals surface area contributed by atoms with Crippen LogP contribution in [-0.4, -0.2) is 45.5 Å². The van der Waals surface area contributed by atoms with Crippen molar-refractivity contribution < 1.29 is 13.6 Å². The first-order valence-corrected chi connectivity index (χ1v) is 11.6. The Hall–Kier alpha value is -4.00. The lowest BCUT2D eigenvalue weighted by atomic mass is 10.1. The molecule has 178 valence electrons. The summed E-state index contributed by atoms with van der Waals surface area (Å²) in [7, 11) is 0. The van der Waals surface area contributed by atoms with Crippen LogP contribution in [0.15, 0.2) is 43.1 Å². The Morgan fingerprint density at radius 3 is 2.80 bits per heavy atom. The molecule has 0 aliphatic heterocycles. The van der Waals surface area contributed by atoms with Crippen LogP contribution in [0.3, 0.4) is 0 Å². The molecule has 35 heavy (non-hydrogen) atoms. The Kier molecular flexibility index (Phi) is 4.78. The number of alkyl halides is 2. The van der Waals surface area contributed by atoms with Crippen molar-refractivity contribution >= 4 is 22.9 Å². The smallest absolute Gasteiger partial charge is 0.282 e. The number of aromatic amines is 1. The zero-order valence-electron chi connectivity index (χ0n) is 18.6. The summed E-state index contributed by atoms with van der Waals surface area (Å²) in [5.74, 6) is 0.351. The molecule has 1 aliphatic carbocycles. The number of nitrogens with one attached hydrogen (secondary N) is 2. The Morgan fingerprint density at radius 2 is 2.14 bits per heavy atom. The van der Waals surface area contributed by atoms with Gasteiger partial charge in [-0.3, -0.25) is 14.3 Å². The van der Waals surface area contributed by atoms with Crippen molar-refractivity contribution in [2.45, 2.75) is 32.2 Å². The Morgan fingerprint density at radius 1 is 1.31 bits per heavy atom. The summed E-state index contributed by atoms with van der Waals surface area (Å²) in [6, 6.07) is 5.45. The fourth-order valence-corrected chi connectivity index (χ4v) is 5.24. The number of carbonyl (C=O) groups excluding carboxylic acids is 1. The number of rotatable bonds is 6. The molecule has 1 fully saturated rings. The molecule has 1 amide bonds. The average Bonchev–Trinajstić information content (AvgIpc) is 3.47. The number of aryl methyl sites for hydroxylation is 1. The molecule has 5 aromatic heterocycles. The molecule has 6 rings (SSSR count). The van der Waals surface area contributed by atoms with Crippen LogP contribution in [0.25, 0.3) is 21.9 Å². The minimum Gasteiger partial charge on any atom is -0.339 e. The number of hydrogen-bond donors (Lipinski definition) is 2. The molecule has 2 unspecified atom stereocenters. The number of thiophene rings is 1.